The number of nitrogens with two attached hydrogens (primary N) is 1. The Morgan fingerprint density at radius 1 is 0.775 bits per heavy atom. The number of phosphoric ester groups is 1. The normalized spacial score (nSPS) is 15.5. The van der Waals surface area contributed by atoms with Gasteiger partial charge in [-0.25, -0.2) is 4.57 Å². The number of ether oxygens (including phenoxy) is 1. The van der Waals surface area contributed by atoms with Gasteiger partial charge in [0.25, 0.3) is 0 Å². The second-order valence-corrected chi connectivity index (χ2v) is 12.7. The van der Waals surface area contributed by atoms with Crippen LogP contribution in [0.4, 0.5) is 0 Å². The van der Waals surface area contributed by atoms with Crippen molar-refractivity contribution in [2.75, 3.05) is 26.4 Å². The number of hydrogen-bond donors (Lipinski definition) is 4. The second kappa shape index (κ2) is 27.3. The average Bonchev–Trinajstić information content (AvgIpc) is 2.91. The Labute approximate surface area is 244 Å². The summed E-state index contributed by atoms with van der Waals surface area (Å²) in [4.78, 5) is 20.7. The van der Waals surface area contributed by atoms with Crippen molar-refractivity contribution >= 4 is 13.8 Å². The molecule has 2 unspecified atom stereocenters. The second-order valence-electron chi connectivity index (χ2n) is 11.2. The molecule has 240 valence electrons. The molecule has 0 saturated heterocycles. The van der Waals surface area contributed by atoms with Gasteiger partial charge in [0, 0.05) is 19.6 Å². The standard InChI is InChI=1S/C30H62NO8P/c1-3-4-5-14-19-27(2)20-15-12-10-8-6-7-9-11-13-16-21-28(39-40(35,36)38-25-23-31)29(26-32)37-24-18-17-22-30(33)34/h27-29,32H,3-26,31H2,1-2H3,(H,33,34)(H,35,36)/t27?,28-,29+/m1/s1. The Hall–Kier alpha value is -0.540. The lowest BCUT2D eigenvalue weighted by Crippen LogP contribution is -2.35. The van der Waals surface area contributed by atoms with Gasteiger partial charge in [0.05, 0.1) is 19.3 Å². The minimum absolute atomic E-state index is 0.0460. The molecule has 9 nitrogen and oxygen atoms in total. The van der Waals surface area contributed by atoms with Crippen LogP contribution in [0.3, 0.4) is 0 Å². The fourth-order valence-corrected chi connectivity index (χ4v) is 5.86. The van der Waals surface area contributed by atoms with E-state index in [1.54, 1.807) is 0 Å². The topological polar surface area (TPSA) is 149 Å². The highest BCUT2D eigenvalue weighted by Crippen LogP contribution is 2.45. The molecule has 40 heavy (non-hydrogen) atoms. The number of aliphatic hydroxyl groups excluding tert-OH is 1. The summed E-state index contributed by atoms with van der Waals surface area (Å²) < 4.78 is 28.3. The largest absolute Gasteiger partial charge is 0.481 e. The van der Waals surface area contributed by atoms with E-state index >= 15 is 0 Å². The van der Waals surface area contributed by atoms with E-state index in [4.69, 9.17) is 24.6 Å². The zero-order valence-electron chi connectivity index (χ0n) is 25.6. The van der Waals surface area contributed by atoms with Crippen LogP contribution in [0.2, 0.25) is 0 Å². The predicted molar refractivity (Wildman–Crippen MR) is 161 cm³/mol. The Morgan fingerprint density at radius 3 is 1.80 bits per heavy atom. The fourth-order valence-electron chi connectivity index (χ4n) is 4.88. The summed E-state index contributed by atoms with van der Waals surface area (Å²) in [6, 6.07) is 0. The van der Waals surface area contributed by atoms with Crippen molar-refractivity contribution in [1.82, 2.24) is 0 Å². The molecule has 0 spiro atoms. The van der Waals surface area contributed by atoms with Crippen molar-refractivity contribution in [1.29, 1.82) is 0 Å². The van der Waals surface area contributed by atoms with Gasteiger partial charge in [-0.05, 0) is 25.2 Å². The van der Waals surface area contributed by atoms with Gasteiger partial charge < -0.3 is 25.6 Å². The highest BCUT2D eigenvalue weighted by molar-refractivity contribution is 7.47. The third-order valence-electron chi connectivity index (χ3n) is 7.34. The lowest BCUT2D eigenvalue weighted by atomic mass is 9.96. The third-order valence-corrected chi connectivity index (χ3v) is 8.38. The predicted octanol–water partition coefficient (Wildman–Crippen LogP) is 7.37. The van der Waals surface area contributed by atoms with Crippen molar-refractivity contribution in [3.63, 3.8) is 0 Å². The van der Waals surface area contributed by atoms with E-state index in [2.05, 4.69) is 13.8 Å². The van der Waals surface area contributed by atoms with Gasteiger partial charge in [0.15, 0.2) is 0 Å². The summed E-state index contributed by atoms with van der Waals surface area (Å²) in [6.07, 6.45) is 19.9. The van der Waals surface area contributed by atoms with E-state index in [9.17, 15) is 19.4 Å². The molecule has 0 rings (SSSR count). The van der Waals surface area contributed by atoms with Crippen LogP contribution in [0, 0.1) is 5.92 Å². The number of carboxylic acid groups (broad SMARTS) is 1. The van der Waals surface area contributed by atoms with Crippen LogP contribution >= 0.6 is 7.82 Å². The molecule has 0 aromatic heterocycles. The SMILES string of the molecule is CCCCCCC(C)CCCCCCCCCCCC[C@@H](OP(=O)(O)OCCN)[C@H](CO)OCCCCC(=O)O. The molecule has 10 heteroatoms. The molecule has 0 heterocycles. The molecular formula is C30H62NO8P. The number of hydrogen-bond acceptors (Lipinski definition) is 7. The van der Waals surface area contributed by atoms with Crippen LogP contribution in [0.25, 0.3) is 0 Å². The first-order valence-electron chi connectivity index (χ1n) is 16.1. The van der Waals surface area contributed by atoms with Gasteiger partial charge in [-0.2, -0.15) is 0 Å². The van der Waals surface area contributed by atoms with E-state index < -0.39 is 26.0 Å². The Morgan fingerprint density at radius 2 is 1.30 bits per heavy atom. The maximum absolute atomic E-state index is 12.3. The summed E-state index contributed by atoms with van der Waals surface area (Å²) in [5.41, 5.74) is 5.36. The third kappa shape index (κ3) is 25.2. The van der Waals surface area contributed by atoms with Gasteiger partial charge >= 0.3 is 13.8 Å². The summed E-state index contributed by atoms with van der Waals surface area (Å²) >= 11 is 0. The minimum Gasteiger partial charge on any atom is -0.481 e. The zero-order valence-corrected chi connectivity index (χ0v) is 26.5. The molecule has 4 atom stereocenters. The summed E-state index contributed by atoms with van der Waals surface area (Å²) in [6.45, 7) is 4.49. The van der Waals surface area contributed by atoms with E-state index in [1.807, 2.05) is 0 Å². The molecule has 0 fully saturated rings. The molecule has 0 amide bonds. The molecule has 0 aliphatic rings. The van der Waals surface area contributed by atoms with E-state index in [0.29, 0.717) is 19.3 Å². The Kier molecular flexibility index (Phi) is 26.9. The molecule has 0 radical (unpaired) electrons. The summed E-state index contributed by atoms with van der Waals surface area (Å²) in [7, 11) is -4.34. The molecule has 0 bridgehead atoms. The number of aliphatic hydroxyl groups is 1. The van der Waals surface area contributed by atoms with Crippen molar-refractivity contribution in [3.8, 4) is 0 Å². The maximum atomic E-state index is 12.3. The average molecular weight is 596 g/mol. The first-order valence-corrected chi connectivity index (χ1v) is 17.5. The molecule has 0 aromatic rings. The molecule has 0 aliphatic carbocycles. The number of phosphoric acid groups is 1. The molecular weight excluding hydrogens is 533 g/mol. The number of carboxylic acids is 1. The van der Waals surface area contributed by atoms with Crippen LogP contribution in [-0.2, 0) is 23.1 Å². The number of unbranched alkanes of at least 4 members (excludes halogenated alkanes) is 13. The van der Waals surface area contributed by atoms with Gasteiger partial charge in [-0.3, -0.25) is 13.8 Å². The monoisotopic (exact) mass is 595 g/mol. The zero-order chi connectivity index (χ0) is 29.9. The first-order chi connectivity index (χ1) is 19.3. The Bertz CT molecular complexity index is 625. The van der Waals surface area contributed by atoms with Crippen LogP contribution in [0.15, 0.2) is 0 Å². The Balaban J connectivity index is 4.15. The van der Waals surface area contributed by atoms with Gasteiger partial charge in [-0.15, -0.1) is 0 Å². The summed E-state index contributed by atoms with van der Waals surface area (Å²) in [5, 5.41) is 18.6. The van der Waals surface area contributed by atoms with Gasteiger partial charge in [-0.1, -0.05) is 117 Å². The first kappa shape index (κ1) is 39.5. The fraction of sp³-hybridized carbons (Fsp3) is 0.967. The van der Waals surface area contributed by atoms with Gasteiger partial charge in [0.2, 0.25) is 0 Å². The molecule has 0 aromatic carbocycles. The number of carbonyl (C=O) groups is 1. The van der Waals surface area contributed by atoms with Gasteiger partial charge in [0.1, 0.15) is 6.10 Å². The van der Waals surface area contributed by atoms with E-state index in [1.165, 1.54) is 83.5 Å². The number of aliphatic carboxylic acids is 1. The van der Waals surface area contributed by atoms with Crippen LogP contribution in [0.1, 0.15) is 142 Å². The molecule has 0 saturated carbocycles. The van der Waals surface area contributed by atoms with Crippen LogP contribution < -0.4 is 5.73 Å². The highest BCUT2D eigenvalue weighted by atomic mass is 31.2. The van der Waals surface area contributed by atoms with Crippen LogP contribution in [0.5, 0.6) is 0 Å². The van der Waals surface area contributed by atoms with Crippen molar-refractivity contribution in [2.45, 2.75) is 154 Å². The highest BCUT2D eigenvalue weighted by Gasteiger charge is 2.32. The lowest BCUT2D eigenvalue weighted by molar-refractivity contribution is -0.137. The maximum Gasteiger partial charge on any atom is 0.472 e. The molecule has 5 N–H and O–H groups in total. The molecule has 0 aliphatic heterocycles. The quantitative estimate of drug-likeness (QED) is 0.0476. The van der Waals surface area contributed by atoms with Crippen molar-refractivity contribution < 1.29 is 38.3 Å². The van der Waals surface area contributed by atoms with Crippen LogP contribution in [-0.4, -0.2) is 59.6 Å². The minimum atomic E-state index is -4.34. The summed E-state index contributed by atoms with van der Waals surface area (Å²) in [5.74, 6) is -0.000623. The lowest BCUT2D eigenvalue weighted by Gasteiger charge is -2.27. The van der Waals surface area contributed by atoms with E-state index in [-0.39, 0.29) is 32.8 Å². The van der Waals surface area contributed by atoms with E-state index in [0.717, 1.165) is 25.2 Å². The number of rotatable bonds is 31. The smallest absolute Gasteiger partial charge is 0.472 e. The van der Waals surface area contributed by atoms with Crippen molar-refractivity contribution in [3.05, 3.63) is 0 Å². The van der Waals surface area contributed by atoms with Crippen molar-refractivity contribution in [2.24, 2.45) is 11.7 Å².